The number of methoxy groups -OCH3 is 1. The predicted octanol–water partition coefficient (Wildman–Crippen LogP) is 2.51. The molecule has 2 aromatic carbocycles. The number of ether oxygens (including phenoxy) is 2. The van der Waals surface area contributed by atoms with Crippen molar-refractivity contribution < 1.29 is 19.4 Å². The summed E-state index contributed by atoms with van der Waals surface area (Å²) < 4.78 is 10.8. The number of carboxylic acid groups (broad SMARTS) is 1. The Morgan fingerprint density at radius 3 is 2.36 bits per heavy atom. The number of nitrogens with one attached hydrogen (secondary N) is 1. The molecule has 22 heavy (non-hydrogen) atoms. The Labute approximate surface area is 128 Å². The number of carboxylic acids is 1. The highest BCUT2D eigenvalue weighted by atomic mass is 16.5. The lowest BCUT2D eigenvalue weighted by atomic mass is 10.0. The van der Waals surface area contributed by atoms with Gasteiger partial charge in [-0.15, -0.1) is 0 Å². The van der Waals surface area contributed by atoms with E-state index < -0.39 is 24.3 Å². The van der Waals surface area contributed by atoms with E-state index in [1.54, 1.807) is 7.11 Å². The van der Waals surface area contributed by atoms with E-state index in [1.807, 2.05) is 54.6 Å². The van der Waals surface area contributed by atoms with Gasteiger partial charge in [-0.25, -0.2) is 4.79 Å². The summed E-state index contributed by atoms with van der Waals surface area (Å²) in [5.74, 6) is -0.249. The van der Waals surface area contributed by atoms with E-state index in [9.17, 15) is 9.90 Å². The van der Waals surface area contributed by atoms with Crippen molar-refractivity contribution in [2.75, 3.05) is 7.11 Å². The standard InChI is InChI=1S/C17H17NO4/c1-21-13-9-7-11(8-10-13)14-15(17(19)20)22-16(18-14)12-5-3-2-4-6-12/h2-10,14-16,18H,1H3,(H,19,20). The maximum Gasteiger partial charge on any atom is 0.334 e. The Hall–Kier alpha value is -2.37. The number of rotatable bonds is 4. The van der Waals surface area contributed by atoms with Gasteiger partial charge in [-0.05, 0) is 23.3 Å². The first-order valence-electron chi connectivity index (χ1n) is 7.02. The van der Waals surface area contributed by atoms with Gasteiger partial charge in [-0.3, -0.25) is 5.32 Å². The van der Waals surface area contributed by atoms with Crippen LogP contribution < -0.4 is 10.1 Å². The molecule has 3 unspecified atom stereocenters. The van der Waals surface area contributed by atoms with Crippen LogP contribution in [0.1, 0.15) is 23.4 Å². The third-order valence-corrected chi connectivity index (χ3v) is 3.74. The van der Waals surface area contributed by atoms with Gasteiger partial charge in [0.2, 0.25) is 0 Å². The van der Waals surface area contributed by atoms with Crippen LogP contribution in [-0.4, -0.2) is 24.3 Å². The molecule has 0 spiro atoms. The molecule has 0 radical (unpaired) electrons. The van der Waals surface area contributed by atoms with E-state index in [4.69, 9.17) is 9.47 Å². The molecule has 1 fully saturated rings. The predicted molar refractivity (Wildman–Crippen MR) is 80.6 cm³/mol. The maximum atomic E-state index is 11.5. The highest BCUT2D eigenvalue weighted by Gasteiger charge is 2.40. The molecule has 0 bridgehead atoms. The van der Waals surface area contributed by atoms with Crippen LogP contribution in [0.15, 0.2) is 54.6 Å². The average molecular weight is 299 g/mol. The van der Waals surface area contributed by atoms with Crippen molar-refractivity contribution in [2.45, 2.75) is 18.4 Å². The summed E-state index contributed by atoms with van der Waals surface area (Å²) in [7, 11) is 1.59. The molecule has 1 heterocycles. The van der Waals surface area contributed by atoms with Gasteiger partial charge < -0.3 is 14.6 Å². The van der Waals surface area contributed by atoms with E-state index in [0.29, 0.717) is 0 Å². The van der Waals surface area contributed by atoms with Gasteiger partial charge in [0.05, 0.1) is 13.2 Å². The summed E-state index contributed by atoms with van der Waals surface area (Å²) in [6, 6.07) is 16.4. The molecular weight excluding hydrogens is 282 g/mol. The maximum absolute atomic E-state index is 11.5. The Balaban J connectivity index is 1.86. The average Bonchev–Trinajstić information content (AvgIpc) is 3.01. The number of hydrogen-bond acceptors (Lipinski definition) is 4. The van der Waals surface area contributed by atoms with Gasteiger partial charge in [0.1, 0.15) is 12.0 Å². The molecule has 1 aliphatic rings. The van der Waals surface area contributed by atoms with Gasteiger partial charge in [0.15, 0.2) is 6.10 Å². The van der Waals surface area contributed by atoms with Gasteiger partial charge >= 0.3 is 5.97 Å². The van der Waals surface area contributed by atoms with Crippen molar-refractivity contribution in [2.24, 2.45) is 0 Å². The fourth-order valence-electron chi connectivity index (χ4n) is 2.60. The summed E-state index contributed by atoms with van der Waals surface area (Å²) in [4.78, 5) is 11.5. The second kappa shape index (κ2) is 6.17. The Morgan fingerprint density at radius 2 is 1.77 bits per heavy atom. The van der Waals surface area contributed by atoms with Crippen molar-refractivity contribution in [3.8, 4) is 5.75 Å². The lowest BCUT2D eigenvalue weighted by Gasteiger charge is -2.15. The van der Waals surface area contributed by atoms with Crippen LogP contribution in [0.4, 0.5) is 0 Å². The highest BCUT2D eigenvalue weighted by molar-refractivity contribution is 5.74. The zero-order valence-electron chi connectivity index (χ0n) is 12.1. The zero-order valence-corrected chi connectivity index (χ0v) is 12.1. The zero-order chi connectivity index (χ0) is 15.5. The normalized spacial score (nSPS) is 24.1. The lowest BCUT2D eigenvalue weighted by molar-refractivity contribution is -0.150. The van der Waals surface area contributed by atoms with Gasteiger partial charge in [0, 0.05) is 0 Å². The summed E-state index contributed by atoms with van der Waals surface area (Å²) in [5.41, 5.74) is 1.76. The molecule has 0 saturated carbocycles. The molecule has 0 amide bonds. The minimum Gasteiger partial charge on any atom is -0.497 e. The molecule has 114 valence electrons. The Morgan fingerprint density at radius 1 is 1.09 bits per heavy atom. The summed E-state index contributed by atoms with van der Waals surface area (Å²) >= 11 is 0. The topological polar surface area (TPSA) is 67.8 Å². The number of hydrogen-bond donors (Lipinski definition) is 2. The van der Waals surface area contributed by atoms with E-state index in [0.717, 1.165) is 16.9 Å². The smallest absolute Gasteiger partial charge is 0.334 e. The first-order valence-corrected chi connectivity index (χ1v) is 7.02. The minimum atomic E-state index is -0.980. The molecule has 3 atom stereocenters. The van der Waals surface area contributed by atoms with Gasteiger partial charge in [-0.2, -0.15) is 0 Å². The Kier molecular flexibility index (Phi) is 4.09. The largest absolute Gasteiger partial charge is 0.497 e. The van der Waals surface area contributed by atoms with Crippen molar-refractivity contribution in [3.63, 3.8) is 0 Å². The second-order valence-electron chi connectivity index (χ2n) is 5.10. The van der Waals surface area contributed by atoms with Crippen molar-refractivity contribution in [1.82, 2.24) is 5.32 Å². The van der Waals surface area contributed by atoms with Crippen LogP contribution in [0, 0.1) is 0 Å². The highest BCUT2D eigenvalue weighted by Crippen LogP contribution is 2.34. The van der Waals surface area contributed by atoms with Crippen LogP contribution >= 0.6 is 0 Å². The van der Waals surface area contributed by atoms with Gasteiger partial charge in [0.25, 0.3) is 0 Å². The van der Waals surface area contributed by atoms with Crippen molar-refractivity contribution >= 4 is 5.97 Å². The SMILES string of the molecule is COc1ccc(C2NC(c3ccccc3)OC2C(=O)O)cc1. The van der Waals surface area contributed by atoms with Crippen molar-refractivity contribution in [3.05, 3.63) is 65.7 Å². The molecular formula is C17H17NO4. The van der Waals surface area contributed by atoms with E-state index in [1.165, 1.54) is 0 Å². The number of aliphatic carboxylic acids is 1. The third-order valence-electron chi connectivity index (χ3n) is 3.74. The van der Waals surface area contributed by atoms with Crippen LogP contribution in [0.3, 0.4) is 0 Å². The lowest BCUT2D eigenvalue weighted by Crippen LogP contribution is -2.28. The van der Waals surface area contributed by atoms with E-state index in [2.05, 4.69) is 5.32 Å². The fraction of sp³-hybridized carbons (Fsp3) is 0.235. The van der Waals surface area contributed by atoms with Crippen LogP contribution in [0.5, 0.6) is 5.75 Å². The minimum absolute atomic E-state index is 0.409. The van der Waals surface area contributed by atoms with E-state index in [-0.39, 0.29) is 0 Å². The van der Waals surface area contributed by atoms with Crippen LogP contribution in [0.25, 0.3) is 0 Å². The molecule has 1 saturated heterocycles. The third kappa shape index (κ3) is 2.81. The van der Waals surface area contributed by atoms with Crippen molar-refractivity contribution in [1.29, 1.82) is 0 Å². The molecule has 2 N–H and O–H groups in total. The fourth-order valence-corrected chi connectivity index (χ4v) is 2.60. The summed E-state index contributed by atoms with van der Waals surface area (Å²) in [6.07, 6.45) is -1.37. The molecule has 0 aliphatic carbocycles. The van der Waals surface area contributed by atoms with E-state index >= 15 is 0 Å². The molecule has 0 aromatic heterocycles. The number of benzene rings is 2. The molecule has 2 aromatic rings. The summed E-state index contributed by atoms with van der Waals surface area (Å²) in [5, 5.41) is 12.7. The Bertz CT molecular complexity index is 641. The number of carbonyl (C=O) groups is 1. The molecule has 5 heteroatoms. The second-order valence-corrected chi connectivity index (χ2v) is 5.10. The van der Waals surface area contributed by atoms with Crippen LogP contribution in [0.2, 0.25) is 0 Å². The van der Waals surface area contributed by atoms with Crippen LogP contribution in [-0.2, 0) is 9.53 Å². The molecule has 5 nitrogen and oxygen atoms in total. The molecule has 3 rings (SSSR count). The molecule has 1 aliphatic heterocycles. The summed E-state index contributed by atoms with van der Waals surface area (Å²) in [6.45, 7) is 0. The quantitative estimate of drug-likeness (QED) is 0.908. The monoisotopic (exact) mass is 299 g/mol. The van der Waals surface area contributed by atoms with Gasteiger partial charge in [-0.1, -0.05) is 42.5 Å². The first kappa shape index (κ1) is 14.6. The first-order chi connectivity index (χ1) is 10.7.